The predicted molar refractivity (Wildman–Crippen MR) is 161 cm³/mol. The molecule has 16 heteroatoms. The minimum atomic E-state index is -4.65. The van der Waals surface area contributed by atoms with Gasteiger partial charge in [-0.2, -0.15) is 5.09 Å². The summed E-state index contributed by atoms with van der Waals surface area (Å²) >= 11 is 0. The molecule has 1 fully saturated rings. The SMILES string of the molecule is CNc1nc(C)nc2c1ncn2[C@@H]1O[C@](F)(COP(=O)(N[C@H](C)C(=O)OC(C)C)Oc2cccc3ccccc23)[C@@H](O)[C@@]1(C)F. The van der Waals surface area contributed by atoms with E-state index >= 15 is 8.78 Å². The van der Waals surface area contributed by atoms with Gasteiger partial charge < -0.3 is 24.4 Å². The van der Waals surface area contributed by atoms with Crippen LogP contribution in [0.15, 0.2) is 48.8 Å². The molecule has 1 aliphatic heterocycles. The number of alkyl halides is 2. The van der Waals surface area contributed by atoms with E-state index in [0.717, 1.165) is 16.9 Å². The monoisotopic (exact) mass is 648 g/mol. The second-order valence-electron chi connectivity index (χ2n) is 11.2. The number of halogens is 2. The van der Waals surface area contributed by atoms with Gasteiger partial charge in [0.2, 0.25) is 0 Å². The maximum atomic E-state index is 16.4. The van der Waals surface area contributed by atoms with Gasteiger partial charge in [-0.3, -0.25) is 13.9 Å². The number of aliphatic hydroxyl groups excluding tert-OH is 1. The summed E-state index contributed by atoms with van der Waals surface area (Å²) in [7, 11) is -3.03. The van der Waals surface area contributed by atoms with Crippen molar-refractivity contribution in [1.29, 1.82) is 0 Å². The van der Waals surface area contributed by atoms with Gasteiger partial charge in [-0.15, -0.1) is 0 Å². The third-order valence-corrected chi connectivity index (χ3v) is 8.82. The van der Waals surface area contributed by atoms with Gasteiger partial charge in [-0.25, -0.2) is 28.3 Å². The summed E-state index contributed by atoms with van der Waals surface area (Å²) in [6, 6.07) is 10.8. The van der Waals surface area contributed by atoms with Crippen LogP contribution in [-0.2, 0) is 23.4 Å². The molecule has 3 N–H and O–H groups in total. The molecule has 1 saturated heterocycles. The van der Waals surface area contributed by atoms with Gasteiger partial charge in [0.05, 0.1) is 12.4 Å². The number of hydrogen-bond donors (Lipinski definition) is 3. The van der Waals surface area contributed by atoms with E-state index in [1.807, 2.05) is 0 Å². The Morgan fingerprint density at radius 2 is 1.89 bits per heavy atom. The smallest absolute Gasteiger partial charge is 0.459 e. The molecule has 1 unspecified atom stereocenters. The number of aliphatic hydroxyl groups is 1. The van der Waals surface area contributed by atoms with E-state index in [9.17, 15) is 14.5 Å². The van der Waals surface area contributed by atoms with Gasteiger partial charge >= 0.3 is 13.7 Å². The summed E-state index contributed by atoms with van der Waals surface area (Å²) < 4.78 is 69.9. The van der Waals surface area contributed by atoms with Crippen molar-refractivity contribution in [3.63, 3.8) is 0 Å². The number of nitrogens with one attached hydrogen (secondary N) is 2. The van der Waals surface area contributed by atoms with E-state index < -0.39 is 56.3 Å². The largest absolute Gasteiger partial charge is 0.462 e. The number of carbonyl (C=O) groups is 1. The van der Waals surface area contributed by atoms with E-state index in [-0.39, 0.29) is 16.9 Å². The lowest BCUT2D eigenvalue weighted by Crippen LogP contribution is -2.47. The number of hydrogen-bond acceptors (Lipinski definition) is 11. The Hall–Kier alpha value is -3.75. The number of benzene rings is 2. The average molecular weight is 649 g/mol. The zero-order chi connectivity index (χ0) is 32.7. The number of esters is 1. The molecule has 0 bridgehead atoms. The molecule has 6 atom stereocenters. The van der Waals surface area contributed by atoms with Crippen LogP contribution in [0.4, 0.5) is 14.6 Å². The van der Waals surface area contributed by atoms with E-state index in [1.54, 1.807) is 64.2 Å². The highest BCUT2D eigenvalue weighted by molar-refractivity contribution is 7.52. The van der Waals surface area contributed by atoms with E-state index in [2.05, 4.69) is 25.4 Å². The average Bonchev–Trinajstić information content (AvgIpc) is 3.48. The molecule has 3 heterocycles. The summed E-state index contributed by atoms with van der Waals surface area (Å²) in [5.41, 5.74) is -2.35. The standard InChI is InChI=1S/C29H35F2N6O7P/c1-16(2)42-25(38)17(3)36-45(40,44-21-13-9-11-19-10-7-8-12-20(19)21)41-14-29(31)26(39)28(5,30)27(43-29)37-15-33-22-23(32-6)34-18(4)35-24(22)37/h7-13,15-17,26-27,39H,14H2,1-6H3,(H,36,40)(H,32,34,35)/t17-,26+,27-,28-,29-,45?/m1/s1. The normalized spacial score (nSPS) is 25.4. The number of aryl methyl sites for hydroxylation is 1. The molecule has 2 aromatic heterocycles. The van der Waals surface area contributed by atoms with Crippen molar-refractivity contribution in [3.05, 3.63) is 54.6 Å². The van der Waals surface area contributed by atoms with Crippen LogP contribution < -0.4 is 14.9 Å². The van der Waals surface area contributed by atoms with Gasteiger partial charge in [0.15, 0.2) is 35.0 Å². The van der Waals surface area contributed by atoms with Gasteiger partial charge in [0, 0.05) is 12.4 Å². The zero-order valence-corrected chi connectivity index (χ0v) is 26.4. The first-order chi connectivity index (χ1) is 21.2. The molecule has 2 aromatic carbocycles. The third-order valence-electron chi connectivity index (χ3n) is 7.21. The van der Waals surface area contributed by atoms with Crippen LogP contribution in [-0.4, -0.2) is 74.0 Å². The van der Waals surface area contributed by atoms with E-state index in [0.29, 0.717) is 17.0 Å². The molecule has 0 aliphatic carbocycles. The van der Waals surface area contributed by atoms with Crippen LogP contribution in [0.3, 0.4) is 0 Å². The first-order valence-corrected chi connectivity index (χ1v) is 15.7. The summed E-state index contributed by atoms with van der Waals surface area (Å²) in [6.07, 6.45) is -3.47. The Labute approximate surface area is 257 Å². The van der Waals surface area contributed by atoms with Crippen LogP contribution in [0.1, 0.15) is 39.7 Å². The maximum absolute atomic E-state index is 16.4. The van der Waals surface area contributed by atoms with Crippen molar-refractivity contribution in [2.75, 3.05) is 19.0 Å². The molecule has 13 nitrogen and oxygen atoms in total. The summed E-state index contributed by atoms with van der Waals surface area (Å²) in [5, 5.41) is 17.6. The molecule has 242 valence electrons. The van der Waals surface area contributed by atoms with Crippen LogP contribution in [0.5, 0.6) is 5.75 Å². The lowest BCUT2D eigenvalue weighted by molar-refractivity contribution is -0.202. The molecule has 45 heavy (non-hydrogen) atoms. The summed E-state index contributed by atoms with van der Waals surface area (Å²) in [4.78, 5) is 25.3. The maximum Gasteiger partial charge on any atom is 0.459 e. The first-order valence-electron chi connectivity index (χ1n) is 14.2. The third kappa shape index (κ3) is 6.36. The molecule has 0 spiro atoms. The Morgan fingerprint density at radius 1 is 1.18 bits per heavy atom. The van der Waals surface area contributed by atoms with Crippen LogP contribution in [0.25, 0.3) is 21.9 Å². The molecular weight excluding hydrogens is 613 g/mol. The Kier molecular flexibility index (Phi) is 8.86. The number of ether oxygens (including phenoxy) is 2. The lowest BCUT2D eigenvalue weighted by Gasteiger charge is -2.28. The molecule has 1 aliphatic rings. The Morgan fingerprint density at radius 3 is 2.60 bits per heavy atom. The minimum absolute atomic E-state index is 0.0997. The number of imidazole rings is 1. The van der Waals surface area contributed by atoms with Crippen molar-refractivity contribution in [2.24, 2.45) is 0 Å². The summed E-state index contributed by atoms with van der Waals surface area (Å²) in [5.74, 6) is -3.23. The highest BCUT2D eigenvalue weighted by Gasteiger charge is 2.65. The second kappa shape index (κ2) is 12.2. The van der Waals surface area contributed by atoms with Crippen molar-refractivity contribution in [2.45, 2.75) is 70.6 Å². The fourth-order valence-electron chi connectivity index (χ4n) is 5.03. The molecule has 0 radical (unpaired) electrons. The Bertz CT molecular complexity index is 1770. The molecule has 0 amide bonds. The quantitative estimate of drug-likeness (QED) is 0.152. The molecule has 5 rings (SSSR count). The minimum Gasteiger partial charge on any atom is -0.462 e. The van der Waals surface area contributed by atoms with Crippen molar-refractivity contribution >= 4 is 41.5 Å². The highest BCUT2D eigenvalue weighted by atomic mass is 31.2. The number of anilines is 1. The van der Waals surface area contributed by atoms with Gasteiger partial charge in [-0.05, 0) is 46.1 Å². The van der Waals surface area contributed by atoms with Gasteiger partial charge in [0.25, 0.3) is 5.85 Å². The second-order valence-corrected chi connectivity index (χ2v) is 12.9. The number of nitrogens with zero attached hydrogens (tertiary/aromatic N) is 4. The van der Waals surface area contributed by atoms with Gasteiger partial charge in [0.1, 0.15) is 24.2 Å². The number of rotatable bonds is 11. The fourth-order valence-corrected chi connectivity index (χ4v) is 6.55. The van der Waals surface area contributed by atoms with E-state index in [1.165, 1.54) is 19.3 Å². The molecular formula is C29H35F2N6O7P. The van der Waals surface area contributed by atoms with Crippen molar-refractivity contribution in [1.82, 2.24) is 24.6 Å². The fraction of sp³-hybridized carbons (Fsp3) is 0.448. The summed E-state index contributed by atoms with van der Waals surface area (Å²) in [6.45, 7) is 5.95. The first kappa shape index (κ1) is 32.6. The van der Waals surface area contributed by atoms with Crippen LogP contribution >= 0.6 is 7.75 Å². The van der Waals surface area contributed by atoms with Crippen molar-refractivity contribution < 1.29 is 41.8 Å². The van der Waals surface area contributed by atoms with Crippen LogP contribution in [0, 0.1) is 6.92 Å². The Balaban J connectivity index is 1.45. The lowest BCUT2D eigenvalue weighted by atomic mass is 9.97. The van der Waals surface area contributed by atoms with Crippen LogP contribution in [0.2, 0.25) is 0 Å². The number of fused-ring (bicyclic) bond motifs is 2. The zero-order valence-electron chi connectivity index (χ0n) is 25.5. The molecule has 4 aromatic rings. The van der Waals surface area contributed by atoms with Gasteiger partial charge in [-0.1, -0.05) is 36.4 Å². The topological polar surface area (TPSA) is 159 Å². The molecule has 0 saturated carbocycles. The number of aromatic nitrogens is 4. The number of carbonyl (C=O) groups excluding carboxylic acids is 1. The van der Waals surface area contributed by atoms with Crippen molar-refractivity contribution in [3.8, 4) is 5.75 Å². The predicted octanol–water partition coefficient (Wildman–Crippen LogP) is 4.75. The highest BCUT2D eigenvalue weighted by Crippen LogP contribution is 2.52. The van der Waals surface area contributed by atoms with E-state index in [4.69, 9.17) is 18.5 Å².